The molecule has 1 saturated carbocycles. The van der Waals surface area contributed by atoms with Gasteiger partial charge in [0.1, 0.15) is 11.6 Å². The summed E-state index contributed by atoms with van der Waals surface area (Å²) in [5.74, 6) is -0.761. The summed E-state index contributed by atoms with van der Waals surface area (Å²) in [4.78, 5) is 0. The molecule has 94 valence electrons. The molecular weight excluding hydrogens is 222 g/mol. The lowest BCUT2D eigenvalue weighted by Crippen LogP contribution is -2.27. The van der Waals surface area contributed by atoms with E-state index in [1.165, 1.54) is 18.2 Å². The number of benzene rings is 1. The normalized spacial score (nSPS) is 30.0. The molecule has 0 heterocycles. The van der Waals surface area contributed by atoms with Gasteiger partial charge in [0.05, 0.1) is 11.2 Å². The fraction of sp³-hybridized carbons (Fsp3) is 0.571. The Morgan fingerprint density at radius 3 is 2.47 bits per heavy atom. The Balaban J connectivity index is 2.36. The first-order valence-corrected chi connectivity index (χ1v) is 6.20. The van der Waals surface area contributed by atoms with Gasteiger partial charge in [0.25, 0.3) is 0 Å². The van der Waals surface area contributed by atoms with E-state index in [0.29, 0.717) is 18.8 Å². The first kappa shape index (κ1) is 12.5. The molecule has 0 aliphatic heterocycles. The first-order chi connectivity index (χ1) is 8.03. The summed E-state index contributed by atoms with van der Waals surface area (Å²) in [6, 6.07) is 3.76. The van der Waals surface area contributed by atoms with E-state index >= 15 is 0 Å². The minimum absolute atomic E-state index is 0.144. The Morgan fingerprint density at radius 2 is 1.82 bits per heavy atom. The van der Waals surface area contributed by atoms with Gasteiger partial charge in [-0.05, 0) is 43.7 Å². The summed E-state index contributed by atoms with van der Waals surface area (Å²) in [6.45, 7) is 2.11. The van der Waals surface area contributed by atoms with Crippen LogP contribution >= 0.6 is 0 Å². The van der Waals surface area contributed by atoms with Gasteiger partial charge < -0.3 is 5.11 Å². The maximum absolute atomic E-state index is 13.7. The topological polar surface area (TPSA) is 20.2 Å². The van der Waals surface area contributed by atoms with Crippen LogP contribution in [-0.2, 0) is 5.60 Å². The highest BCUT2D eigenvalue weighted by Gasteiger charge is 2.36. The van der Waals surface area contributed by atoms with Crippen LogP contribution in [0.5, 0.6) is 0 Å². The van der Waals surface area contributed by atoms with Gasteiger partial charge in [0.2, 0.25) is 0 Å². The van der Waals surface area contributed by atoms with Crippen LogP contribution in [0, 0.1) is 17.6 Å². The summed E-state index contributed by atoms with van der Waals surface area (Å²) >= 11 is 0. The van der Waals surface area contributed by atoms with Crippen molar-refractivity contribution >= 4 is 0 Å². The predicted molar refractivity (Wildman–Crippen MR) is 62.5 cm³/mol. The van der Waals surface area contributed by atoms with E-state index in [9.17, 15) is 13.9 Å². The van der Waals surface area contributed by atoms with Crippen molar-refractivity contribution in [1.29, 1.82) is 0 Å². The summed E-state index contributed by atoms with van der Waals surface area (Å²) in [5.41, 5.74) is -1.48. The van der Waals surface area contributed by atoms with Gasteiger partial charge >= 0.3 is 0 Å². The number of halogens is 2. The molecule has 2 atom stereocenters. The molecule has 1 aromatic rings. The Kier molecular flexibility index (Phi) is 3.48. The summed E-state index contributed by atoms with van der Waals surface area (Å²) in [6.07, 6.45) is 3.51. The van der Waals surface area contributed by atoms with Crippen LogP contribution in [0.15, 0.2) is 18.2 Å². The van der Waals surface area contributed by atoms with Crippen LogP contribution in [0.2, 0.25) is 0 Å². The second kappa shape index (κ2) is 4.73. The molecule has 2 unspecified atom stereocenters. The molecular formula is C14H18F2O. The van der Waals surface area contributed by atoms with Crippen LogP contribution in [0.4, 0.5) is 8.78 Å². The van der Waals surface area contributed by atoms with Crippen LogP contribution in [0.25, 0.3) is 0 Å². The van der Waals surface area contributed by atoms with E-state index in [1.54, 1.807) is 0 Å². The molecule has 0 saturated heterocycles. The Bertz CT molecular complexity index is 385. The van der Waals surface area contributed by atoms with Gasteiger partial charge in [-0.25, -0.2) is 8.78 Å². The fourth-order valence-electron chi connectivity index (χ4n) is 2.69. The first-order valence-electron chi connectivity index (χ1n) is 6.20. The lowest BCUT2D eigenvalue weighted by Gasteiger charge is -2.28. The van der Waals surface area contributed by atoms with Gasteiger partial charge in [-0.15, -0.1) is 0 Å². The second-order valence-corrected chi connectivity index (χ2v) is 5.16. The minimum Gasteiger partial charge on any atom is -0.385 e. The van der Waals surface area contributed by atoms with Crippen molar-refractivity contribution in [2.45, 2.75) is 44.6 Å². The van der Waals surface area contributed by atoms with Crippen molar-refractivity contribution in [2.24, 2.45) is 5.92 Å². The zero-order chi connectivity index (χ0) is 12.5. The third-order valence-corrected chi connectivity index (χ3v) is 3.77. The van der Waals surface area contributed by atoms with Gasteiger partial charge in [-0.1, -0.05) is 19.4 Å². The molecule has 3 heteroatoms. The standard InChI is InChI=1S/C14H18F2O/c1-10-4-3-8-14(17,9-7-10)13-11(15)5-2-6-12(13)16/h2,5-6,10,17H,3-4,7-9H2,1H3. The highest BCUT2D eigenvalue weighted by Crippen LogP contribution is 2.39. The Hall–Kier alpha value is -0.960. The smallest absolute Gasteiger partial charge is 0.132 e. The van der Waals surface area contributed by atoms with Gasteiger partial charge in [0, 0.05) is 0 Å². The molecule has 0 radical (unpaired) electrons. The largest absolute Gasteiger partial charge is 0.385 e. The quantitative estimate of drug-likeness (QED) is 0.741. The second-order valence-electron chi connectivity index (χ2n) is 5.16. The molecule has 1 N–H and O–H groups in total. The van der Waals surface area contributed by atoms with Crippen LogP contribution < -0.4 is 0 Å². The monoisotopic (exact) mass is 240 g/mol. The lowest BCUT2D eigenvalue weighted by molar-refractivity contribution is 0.0128. The van der Waals surface area contributed by atoms with E-state index in [4.69, 9.17) is 0 Å². The third-order valence-electron chi connectivity index (χ3n) is 3.77. The average molecular weight is 240 g/mol. The summed E-state index contributed by atoms with van der Waals surface area (Å²) in [5, 5.41) is 10.5. The highest BCUT2D eigenvalue weighted by molar-refractivity contribution is 5.26. The van der Waals surface area contributed by atoms with E-state index < -0.39 is 17.2 Å². The minimum atomic E-state index is -1.33. The van der Waals surface area contributed by atoms with Crippen LogP contribution in [0.3, 0.4) is 0 Å². The van der Waals surface area contributed by atoms with Crippen molar-refractivity contribution < 1.29 is 13.9 Å². The van der Waals surface area contributed by atoms with E-state index in [2.05, 4.69) is 6.92 Å². The maximum Gasteiger partial charge on any atom is 0.132 e. The van der Waals surface area contributed by atoms with Gasteiger partial charge in [-0.3, -0.25) is 0 Å². The molecule has 0 bridgehead atoms. The van der Waals surface area contributed by atoms with Crippen molar-refractivity contribution in [2.75, 3.05) is 0 Å². The molecule has 0 spiro atoms. The zero-order valence-corrected chi connectivity index (χ0v) is 10.0. The van der Waals surface area contributed by atoms with E-state index in [0.717, 1.165) is 19.3 Å². The van der Waals surface area contributed by atoms with Gasteiger partial charge in [0.15, 0.2) is 0 Å². The average Bonchev–Trinajstić information content (AvgIpc) is 2.41. The number of hydrogen-bond acceptors (Lipinski definition) is 1. The van der Waals surface area contributed by atoms with Crippen molar-refractivity contribution in [3.05, 3.63) is 35.4 Å². The van der Waals surface area contributed by atoms with Crippen LogP contribution in [0.1, 0.15) is 44.6 Å². The Morgan fingerprint density at radius 1 is 1.18 bits per heavy atom. The number of aliphatic hydroxyl groups is 1. The van der Waals surface area contributed by atoms with Crippen molar-refractivity contribution in [1.82, 2.24) is 0 Å². The molecule has 1 nitrogen and oxygen atoms in total. The lowest BCUT2D eigenvalue weighted by atomic mass is 9.85. The van der Waals surface area contributed by atoms with Crippen molar-refractivity contribution in [3.63, 3.8) is 0 Å². The molecule has 2 rings (SSSR count). The number of rotatable bonds is 1. The SMILES string of the molecule is CC1CCCC(O)(c2c(F)cccc2F)CC1. The molecule has 1 aliphatic carbocycles. The van der Waals surface area contributed by atoms with E-state index in [1.807, 2.05) is 0 Å². The maximum atomic E-state index is 13.7. The molecule has 0 amide bonds. The van der Waals surface area contributed by atoms with Crippen LogP contribution in [-0.4, -0.2) is 5.11 Å². The van der Waals surface area contributed by atoms with E-state index in [-0.39, 0.29) is 5.56 Å². The molecule has 1 fully saturated rings. The van der Waals surface area contributed by atoms with Gasteiger partial charge in [-0.2, -0.15) is 0 Å². The van der Waals surface area contributed by atoms with Crippen molar-refractivity contribution in [3.8, 4) is 0 Å². The zero-order valence-electron chi connectivity index (χ0n) is 10.0. The summed E-state index contributed by atoms with van der Waals surface area (Å²) < 4.78 is 27.4. The predicted octanol–water partition coefficient (Wildman–Crippen LogP) is 3.75. The molecule has 1 aliphatic rings. The molecule has 1 aromatic carbocycles. The number of hydrogen-bond donors (Lipinski definition) is 1. The third kappa shape index (κ3) is 2.49. The fourth-order valence-corrected chi connectivity index (χ4v) is 2.69. The molecule has 17 heavy (non-hydrogen) atoms. The highest BCUT2D eigenvalue weighted by atomic mass is 19.1. The summed E-state index contributed by atoms with van der Waals surface area (Å²) in [7, 11) is 0. The Labute approximate surface area is 100 Å². The molecule has 0 aromatic heterocycles.